The highest BCUT2D eigenvalue weighted by Crippen LogP contribution is 2.38. The van der Waals surface area contributed by atoms with E-state index in [1.165, 1.54) is 61.6 Å². The van der Waals surface area contributed by atoms with E-state index in [0.29, 0.717) is 0 Å². The SMILES string of the molecule is C=Cc1ccc(C[N+](Cc2ccc(C=C)cc2)=C2C=CC(=C(c3ccc(N(CC)CC)cc3)c3ccc(N(CC)CC)cc3)c3ccccc32)cc1. The first-order valence-electron chi connectivity index (χ1n) is 18.8. The summed E-state index contributed by atoms with van der Waals surface area (Å²) in [7, 11) is 0. The predicted molar refractivity (Wildman–Crippen MR) is 226 cm³/mol. The molecule has 5 aromatic rings. The Morgan fingerprint density at radius 1 is 0.519 bits per heavy atom. The summed E-state index contributed by atoms with van der Waals surface area (Å²) in [5.41, 5.74) is 15.9. The van der Waals surface area contributed by atoms with Gasteiger partial charge in [0.25, 0.3) is 0 Å². The maximum absolute atomic E-state index is 3.96. The Morgan fingerprint density at radius 2 is 0.942 bits per heavy atom. The van der Waals surface area contributed by atoms with Gasteiger partial charge >= 0.3 is 0 Å². The number of hydrogen-bond donors (Lipinski definition) is 0. The van der Waals surface area contributed by atoms with E-state index in [2.05, 4.69) is 189 Å². The molecule has 0 unspecified atom stereocenters. The van der Waals surface area contributed by atoms with Gasteiger partial charge in [0.1, 0.15) is 0 Å². The maximum atomic E-state index is 3.96. The van der Waals surface area contributed by atoms with Gasteiger partial charge in [0.2, 0.25) is 5.71 Å². The van der Waals surface area contributed by atoms with Gasteiger partial charge < -0.3 is 9.80 Å². The molecule has 0 saturated heterocycles. The molecule has 6 rings (SSSR count). The Bertz CT molecular complexity index is 1960. The molecule has 52 heavy (non-hydrogen) atoms. The van der Waals surface area contributed by atoms with Gasteiger partial charge in [-0.25, -0.2) is 4.58 Å². The predicted octanol–water partition coefficient (Wildman–Crippen LogP) is 11.4. The lowest BCUT2D eigenvalue weighted by Crippen LogP contribution is -2.23. The molecule has 3 nitrogen and oxygen atoms in total. The number of hydrogen-bond acceptors (Lipinski definition) is 2. The van der Waals surface area contributed by atoms with Crippen molar-refractivity contribution < 1.29 is 4.58 Å². The highest BCUT2D eigenvalue weighted by atomic mass is 15.1. The molecule has 0 N–H and O–H groups in total. The van der Waals surface area contributed by atoms with Crippen LogP contribution < -0.4 is 9.80 Å². The Balaban J connectivity index is 1.53. The van der Waals surface area contributed by atoms with E-state index < -0.39 is 0 Å². The first-order valence-corrected chi connectivity index (χ1v) is 18.8. The average molecular weight is 683 g/mol. The third-order valence-electron chi connectivity index (χ3n) is 10.3. The minimum absolute atomic E-state index is 0.778. The smallest absolute Gasteiger partial charge is 0.208 e. The van der Waals surface area contributed by atoms with Gasteiger partial charge in [0, 0.05) is 54.8 Å². The van der Waals surface area contributed by atoms with Crippen molar-refractivity contribution in [1.82, 2.24) is 0 Å². The van der Waals surface area contributed by atoms with E-state index in [9.17, 15) is 0 Å². The number of fused-ring (bicyclic) bond motifs is 1. The van der Waals surface area contributed by atoms with Gasteiger partial charge in [-0.05, 0) is 103 Å². The molecule has 0 aromatic heterocycles. The largest absolute Gasteiger partial charge is 0.372 e. The van der Waals surface area contributed by atoms with Crippen LogP contribution in [0.2, 0.25) is 0 Å². The Labute approximate surface area is 311 Å². The summed E-state index contributed by atoms with van der Waals surface area (Å²) in [4.78, 5) is 4.80. The zero-order valence-electron chi connectivity index (χ0n) is 31.4. The lowest BCUT2D eigenvalue weighted by molar-refractivity contribution is -0.558. The molecule has 0 fully saturated rings. The third kappa shape index (κ3) is 7.95. The molecule has 0 saturated carbocycles. The van der Waals surface area contributed by atoms with E-state index in [-0.39, 0.29) is 0 Å². The normalized spacial score (nSPS) is 11.9. The second-order valence-corrected chi connectivity index (χ2v) is 13.2. The Kier molecular flexibility index (Phi) is 11.8. The average Bonchev–Trinajstić information content (AvgIpc) is 3.20. The molecule has 0 bridgehead atoms. The van der Waals surface area contributed by atoms with Crippen LogP contribution in [0.4, 0.5) is 11.4 Å². The van der Waals surface area contributed by atoms with Crippen molar-refractivity contribution in [2.24, 2.45) is 0 Å². The zero-order valence-corrected chi connectivity index (χ0v) is 31.4. The van der Waals surface area contributed by atoms with Crippen LogP contribution in [-0.2, 0) is 13.1 Å². The van der Waals surface area contributed by atoms with Crippen LogP contribution >= 0.6 is 0 Å². The lowest BCUT2D eigenvalue weighted by atomic mass is 9.83. The first kappa shape index (κ1) is 36.1. The molecule has 0 spiro atoms. The third-order valence-corrected chi connectivity index (χ3v) is 10.3. The number of nitrogens with zero attached hydrogens (tertiary/aromatic N) is 3. The summed E-state index contributed by atoms with van der Waals surface area (Å²) in [5.74, 6) is 0. The molecule has 1 aliphatic carbocycles. The molecule has 0 atom stereocenters. The molecular weight excluding hydrogens is 631 g/mol. The summed E-state index contributed by atoms with van der Waals surface area (Å²) >= 11 is 0. The van der Waals surface area contributed by atoms with Crippen LogP contribution in [0.3, 0.4) is 0 Å². The number of benzene rings is 5. The summed E-state index contributed by atoms with van der Waals surface area (Å²) in [5, 5.41) is 0. The maximum Gasteiger partial charge on any atom is 0.208 e. The first-order chi connectivity index (χ1) is 25.5. The lowest BCUT2D eigenvalue weighted by Gasteiger charge is -2.24. The summed E-state index contributed by atoms with van der Waals surface area (Å²) in [6, 6.07) is 44.7. The van der Waals surface area contributed by atoms with E-state index >= 15 is 0 Å². The van der Waals surface area contributed by atoms with Gasteiger partial charge in [0.15, 0.2) is 13.1 Å². The summed E-state index contributed by atoms with van der Waals surface area (Å²) in [6.07, 6.45) is 8.48. The highest BCUT2D eigenvalue weighted by molar-refractivity contribution is 6.17. The quantitative estimate of drug-likeness (QED) is 0.108. The molecule has 262 valence electrons. The monoisotopic (exact) mass is 682 g/mol. The van der Waals surface area contributed by atoms with E-state index in [0.717, 1.165) is 50.4 Å². The van der Waals surface area contributed by atoms with Crippen molar-refractivity contribution in [2.75, 3.05) is 36.0 Å². The second-order valence-electron chi connectivity index (χ2n) is 13.2. The minimum atomic E-state index is 0.778. The van der Waals surface area contributed by atoms with Gasteiger partial charge in [-0.1, -0.05) is 116 Å². The Hall–Kier alpha value is -5.67. The summed E-state index contributed by atoms with van der Waals surface area (Å²) < 4.78 is 2.51. The fraction of sp³-hybridized carbons (Fsp3) is 0.204. The number of anilines is 2. The van der Waals surface area contributed by atoms with Crippen molar-refractivity contribution in [2.45, 2.75) is 40.8 Å². The standard InChI is InChI=1S/C49H52N3/c1-7-37-17-21-39(22-18-37)35-52(36-40-23-19-38(8-2)20-24-40)48-34-33-47(45-15-13-14-16-46(45)48)49(41-25-29-43(30-26-41)50(9-3)10-4)42-27-31-44(32-28-42)51(11-5)12-6/h7-8,13-34H,1-2,9-12,35-36H2,3-6H3/q+1. The summed E-state index contributed by atoms with van der Waals surface area (Å²) in [6.45, 7) is 22.3. The van der Waals surface area contributed by atoms with Crippen molar-refractivity contribution in [3.63, 3.8) is 0 Å². The fourth-order valence-electron chi connectivity index (χ4n) is 7.30. The van der Waals surface area contributed by atoms with Crippen LogP contribution in [0.5, 0.6) is 0 Å². The molecule has 1 aliphatic rings. The van der Waals surface area contributed by atoms with Crippen LogP contribution in [0, 0.1) is 0 Å². The van der Waals surface area contributed by atoms with Crippen LogP contribution in [0.15, 0.2) is 147 Å². The topological polar surface area (TPSA) is 9.49 Å². The minimum Gasteiger partial charge on any atom is -0.372 e. The van der Waals surface area contributed by atoms with E-state index in [1.54, 1.807) is 0 Å². The van der Waals surface area contributed by atoms with Crippen molar-refractivity contribution in [3.8, 4) is 0 Å². The molecule has 0 aliphatic heterocycles. The Morgan fingerprint density at radius 3 is 1.35 bits per heavy atom. The van der Waals surface area contributed by atoms with Crippen molar-refractivity contribution in [3.05, 3.63) is 191 Å². The molecule has 0 amide bonds. The highest BCUT2D eigenvalue weighted by Gasteiger charge is 2.26. The van der Waals surface area contributed by atoms with Crippen molar-refractivity contribution >= 4 is 40.4 Å². The zero-order chi connectivity index (χ0) is 36.5. The van der Waals surface area contributed by atoms with E-state index in [4.69, 9.17) is 0 Å². The van der Waals surface area contributed by atoms with Crippen LogP contribution in [0.25, 0.3) is 23.3 Å². The molecule has 0 heterocycles. The molecular formula is C49H52N3+. The number of rotatable bonds is 14. The van der Waals surface area contributed by atoms with Gasteiger partial charge in [-0.15, -0.1) is 0 Å². The van der Waals surface area contributed by atoms with E-state index in [1.807, 2.05) is 12.2 Å². The van der Waals surface area contributed by atoms with Crippen LogP contribution in [0.1, 0.15) is 72.2 Å². The van der Waals surface area contributed by atoms with Gasteiger partial charge in [-0.3, -0.25) is 0 Å². The fourth-order valence-corrected chi connectivity index (χ4v) is 7.30. The molecule has 3 heteroatoms. The molecule has 0 radical (unpaired) electrons. The van der Waals surface area contributed by atoms with Gasteiger partial charge in [0.05, 0.1) is 5.56 Å². The molecule has 5 aromatic carbocycles. The second kappa shape index (κ2) is 17.0. The van der Waals surface area contributed by atoms with Crippen LogP contribution in [-0.4, -0.2) is 36.5 Å². The number of allylic oxidation sites excluding steroid dienone is 3. The van der Waals surface area contributed by atoms with Gasteiger partial charge in [-0.2, -0.15) is 0 Å². The van der Waals surface area contributed by atoms with Crippen molar-refractivity contribution in [1.29, 1.82) is 0 Å².